The molecule has 2 atom stereocenters. The Labute approximate surface area is 114 Å². The second kappa shape index (κ2) is 6.35. The van der Waals surface area contributed by atoms with Gasteiger partial charge in [0.1, 0.15) is 11.6 Å². The van der Waals surface area contributed by atoms with Crippen molar-refractivity contribution in [3.63, 3.8) is 0 Å². The fourth-order valence-corrected chi connectivity index (χ4v) is 2.95. The second-order valence-electron chi connectivity index (χ2n) is 5.29. The van der Waals surface area contributed by atoms with Gasteiger partial charge in [-0.2, -0.15) is 0 Å². The topological polar surface area (TPSA) is 38.5 Å². The molecule has 0 aromatic heterocycles. The van der Waals surface area contributed by atoms with E-state index >= 15 is 0 Å². The molecule has 19 heavy (non-hydrogen) atoms. The van der Waals surface area contributed by atoms with Gasteiger partial charge in [-0.25, -0.2) is 4.39 Å². The molecule has 4 heteroatoms. The quantitative estimate of drug-likeness (QED) is 0.910. The number of piperidine rings is 1. The molecule has 1 fully saturated rings. The molecular formula is C15H23FN2O. The lowest BCUT2D eigenvalue weighted by Crippen LogP contribution is -2.42. The summed E-state index contributed by atoms with van der Waals surface area (Å²) in [4.78, 5) is 2.35. The Hall–Kier alpha value is -1.13. The maximum Gasteiger partial charge on any atom is 0.123 e. The lowest BCUT2D eigenvalue weighted by Gasteiger charge is -2.37. The van der Waals surface area contributed by atoms with E-state index in [0.717, 1.165) is 18.7 Å². The van der Waals surface area contributed by atoms with E-state index in [1.165, 1.54) is 25.3 Å². The van der Waals surface area contributed by atoms with Gasteiger partial charge < -0.3 is 10.5 Å². The summed E-state index contributed by atoms with van der Waals surface area (Å²) in [6.07, 6.45) is 3.63. The van der Waals surface area contributed by atoms with Crippen molar-refractivity contribution in [1.82, 2.24) is 4.90 Å². The highest BCUT2D eigenvalue weighted by Crippen LogP contribution is 2.33. The van der Waals surface area contributed by atoms with E-state index in [0.29, 0.717) is 5.75 Å². The Morgan fingerprint density at radius 1 is 1.26 bits per heavy atom. The molecule has 0 radical (unpaired) electrons. The summed E-state index contributed by atoms with van der Waals surface area (Å²) in [5.41, 5.74) is 7.01. The first-order chi connectivity index (χ1) is 9.13. The zero-order chi connectivity index (χ0) is 13.8. The first-order valence-electron chi connectivity index (χ1n) is 6.96. The van der Waals surface area contributed by atoms with Crippen LogP contribution in [0.25, 0.3) is 0 Å². The van der Waals surface area contributed by atoms with Crippen molar-refractivity contribution in [2.75, 3.05) is 20.2 Å². The Kier molecular flexibility index (Phi) is 4.77. The smallest absolute Gasteiger partial charge is 0.123 e. The predicted octanol–water partition coefficient (Wildman–Crippen LogP) is 2.71. The second-order valence-corrected chi connectivity index (χ2v) is 5.29. The average molecular weight is 266 g/mol. The van der Waals surface area contributed by atoms with E-state index in [9.17, 15) is 4.39 Å². The number of likely N-dealkylation sites (tertiary alicyclic amines) is 1. The molecule has 0 amide bonds. The molecule has 1 saturated heterocycles. The molecule has 1 aliphatic heterocycles. The normalized spacial score (nSPS) is 20.0. The summed E-state index contributed by atoms with van der Waals surface area (Å²) in [5.74, 6) is 0.479. The summed E-state index contributed by atoms with van der Waals surface area (Å²) >= 11 is 0. The van der Waals surface area contributed by atoms with E-state index in [2.05, 4.69) is 4.90 Å². The maximum absolute atomic E-state index is 13.6. The lowest BCUT2D eigenvalue weighted by molar-refractivity contribution is 0.144. The molecule has 0 aliphatic carbocycles. The summed E-state index contributed by atoms with van der Waals surface area (Å²) in [6.45, 7) is 4.02. The van der Waals surface area contributed by atoms with Gasteiger partial charge in [-0.15, -0.1) is 0 Å². The standard InChI is InChI=1S/C15H23FN2O/c1-11(17)15(18-8-4-3-5-9-18)13-10-12(16)6-7-14(13)19-2/h6-7,10-11,15H,3-5,8-9,17H2,1-2H3. The molecule has 1 aromatic rings. The number of ether oxygens (including phenoxy) is 1. The molecule has 3 nitrogen and oxygen atoms in total. The van der Waals surface area contributed by atoms with Crippen LogP contribution in [0.3, 0.4) is 0 Å². The third-order valence-electron chi connectivity index (χ3n) is 3.79. The van der Waals surface area contributed by atoms with Crippen LogP contribution in [-0.4, -0.2) is 31.1 Å². The number of nitrogens with two attached hydrogens (primary N) is 1. The zero-order valence-corrected chi connectivity index (χ0v) is 11.7. The van der Waals surface area contributed by atoms with Crippen molar-refractivity contribution < 1.29 is 9.13 Å². The van der Waals surface area contributed by atoms with Crippen LogP contribution in [0.1, 0.15) is 37.8 Å². The van der Waals surface area contributed by atoms with E-state index in [-0.39, 0.29) is 17.9 Å². The van der Waals surface area contributed by atoms with Crippen LogP contribution in [0.5, 0.6) is 5.75 Å². The molecule has 106 valence electrons. The monoisotopic (exact) mass is 266 g/mol. The van der Waals surface area contributed by atoms with E-state index in [1.807, 2.05) is 6.92 Å². The van der Waals surface area contributed by atoms with Crippen LogP contribution in [0.15, 0.2) is 18.2 Å². The first kappa shape index (κ1) is 14.3. The fourth-order valence-electron chi connectivity index (χ4n) is 2.95. The SMILES string of the molecule is COc1ccc(F)cc1C(C(C)N)N1CCCCC1. The van der Waals surface area contributed by atoms with Crippen LogP contribution >= 0.6 is 0 Å². The highest BCUT2D eigenvalue weighted by Gasteiger charge is 2.28. The minimum atomic E-state index is -0.238. The van der Waals surface area contributed by atoms with Crippen LogP contribution in [0.4, 0.5) is 4.39 Å². The van der Waals surface area contributed by atoms with Crippen LogP contribution in [-0.2, 0) is 0 Å². The van der Waals surface area contributed by atoms with Gasteiger partial charge in [0.25, 0.3) is 0 Å². The largest absolute Gasteiger partial charge is 0.496 e. The fraction of sp³-hybridized carbons (Fsp3) is 0.600. The molecule has 1 aliphatic rings. The van der Waals surface area contributed by atoms with Gasteiger partial charge in [0.15, 0.2) is 0 Å². The molecule has 1 aromatic carbocycles. The maximum atomic E-state index is 13.6. The van der Waals surface area contributed by atoms with Crippen molar-refractivity contribution in [1.29, 1.82) is 0 Å². The van der Waals surface area contributed by atoms with Crippen molar-refractivity contribution in [2.24, 2.45) is 5.73 Å². The minimum absolute atomic E-state index is 0.0194. The minimum Gasteiger partial charge on any atom is -0.496 e. The van der Waals surface area contributed by atoms with Crippen molar-refractivity contribution in [3.8, 4) is 5.75 Å². The lowest BCUT2D eigenvalue weighted by atomic mass is 9.95. The summed E-state index contributed by atoms with van der Waals surface area (Å²) < 4.78 is 18.9. The van der Waals surface area contributed by atoms with Gasteiger partial charge in [0, 0.05) is 11.6 Å². The number of hydrogen-bond acceptors (Lipinski definition) is 3. The molecule has 2 N–H and O–H groups in total. The van der Waals surface area contributed by atoms with Crippen molar-refractivity contribution in [2.45, 2.75) is 38.3 Å². The van der Waals surface area contributed by atoms with Gasteiger partial charge in [-0.1, -0.05) is 6.42 Å². The molecule has 0 saturated carbocycles. The van der Waals surface area contributed by atoms with Crippen LogP contribution in [0, 0.1) is 5.82 Å². The van der Waals surface area contributed by atoms with Gasteiger partial charge in [0.2, 0.25) is 0 Å². The van der Waals surface area contributed by atoms with Crippen molar-refractivity contribution >= 4 is 0 Å². The summed E-state index contributed by atoms with van der Waals surface area (Å²) in [5, 5.41) is 0. The van der Waals surface area contributed by atoms with E-state index in [1.54, 1.807) is 19.2 Å². The highest BCUT2D eigenvalue weighted by atomic mass is 19.1. The summed E-state index contributed by atoms with van der Waals surface area (Å²) in [6, 6.07) is 4.63. The number of methoxy groups -OCH3 is 1. The van der Waals surface area contributed by atoms with E-state index in [4.69, 9.17) is 10.5 Å². The van der Waals surface area contributed by atoms with E-state index < -0.39 is 0 Å². The number of halogens is 1. The average Bonchev–Trinajstić information content (AvgIpc) is 2.40. The molecule has 0 bridgehead atoms. The number of benzene rings is 1. The molecular weight excluding hydrogens is 243 g/mol. The first-order valence-corrected chi connectivity index (χ1v) is 6.96. The van der Waals surface area contributed by atoms with Gasteiger partial charge in [0.05, 0.1) is 13.2 Å². The predicted molar refractivity (Wildman–Crippen MR) is 74.8 cm³/mol. The molecule has 1 heterocycles. The number of nitrogens with zero attached hydrogens (tertiary/aromatic N) is 1. The van der Waals surface area contributed by atoms with Gasteiger partial charge in [-0.05, 0) is 51.1 Å². The van der Waals surface area contributed by atoms with Crippen molar-refractivity contribution in [3.05, 3.63) is 29.6 Å². The summed E-state index contributed by atoms with van der Waals surface area (Å²) in [7, 11) is 1.62. The van der Waals surface area contributed by atoms with Gasteiger partial charge >= 0.3 is 0 Å². The number of rotatable bonds is 4. The zero-order valence-electron chi connectivity index (χ0n) is 11.7. The van der Waals surface area contributed by atoms with Crippen LogP contribution in [0.2, 0.25) is 0 Å². The Morgan fingerprint density at radius 3 is 2.53 bits per heavy atom. The molecule has 0 spiro atoms. The highest BCUT2D eigenvalue weighted by molar-refractivity contribution is 5.37. The third-order valence-corrected chi connectivity index (χ3v) is 3.79. The third kappa shape index (κ3) is 3.25. The Bertz CT molecular complexity index is 417. The number of hydrogen-bond donors (Lipinski definition) is 1. The van der Waals surface area contributed by atoms with Crippen LogP contribution < -0.4 is 10.5 Å². The Balaban J connectivity index is 2.34. The molecule has 2 unspecified atom stereocenters. The Morgan fingerprint density at radius 2 is 1.95 bits per heavy atom. The van der Waals surface area contributed by atoms with Gasteiger partial charge in [-0.3, -0.25) is 4.90 Å². The molecule has 2 rings (SSSR count).